The minimum absolute atomic E-state index is 0.0391. The molecule has 1 aromatic heterocycles. The highest BCUT2D eigenvalue weighted by molar-refractivity contribution is 5.69. The maximum atomic E-state index is 11.6. The van der Waals surface area contributed by atoms with Crippen LogP contribution in [0.5, 0.6) is 17.4 Å². The van der Waals surface area contributed by atoms with Gasteiger partial charge in [0.2, 0.25) is 5.82 Å². The topological polar surface area (TPSA) is 99.4 Å². The lowest BCUT2D eigenvalue weighted by molar-refractivity contribution is -0.385. The molecular weight excluding hydrogens is 336 g/mol. The minimum Gasteiger partial charge on any atom is -0.497 e. The van der Waals surface area contributed by atoms with E-state index < -0.39 is 4.92 Å². The fourth-order valence-electron chi connectivity index (χ4n) is 2.22. The van der Waals surface area contributed by atoms with E-state index in [1.165, 1.54) is 6.33 Å². The van der Waals surface area contributed by atoms with Gasteiger partial charge in [0.25, 0.3) is 0 Å². The van der Waals surface area contributed by atoms with Crippen molar-refractivity contribution in [1.29, 1.82) is 0 Å². The molecule has 3 aromatic rings. The second-order valence-corrected chi connectivity index (χ2v) is 5.40. The van der Waals surface area contributed by atoms with Crippen molar-refractivity contribution in [1.82, 2.24) is 9.97 Å². The summed E-state index contributed by atoms with van der Waals surface area (Å²) in [6, 6.07) is 14.1. The first kappa shape index (κ1) is 17.2. The summed E-state index contributed by atoms with van der Waals surface area (Å²) in [6.07, 6.45) is 1.21. The van der Waals surface area contributed by atoms with Crippen molar-refractivity contribution in [3.05, 3.63) is 70.5 Å². The number of anilines is 2. The molecule has 8 nitrogen and oxygen atoms in total. The SMILES string of the molecule is COc1ccc(Nc2ncnc(Oc3ccc(C)cc3)c2[N+](=O)[O-])cc1. The number of methoxy groups -OCH3 is 1. The Morgan fingerprint density at radius 2 is 1.65 bits per heavy atom. The number of nitro groups is 1. The van der Waals surface area contributed by atoms with Gasteiger partial charge in [0, 0.05) is 5.69 Å². The third kappa shape index (κ3) is 3.86. The Balaban J connectivity index is 1.92. The van der Waals surface area contributed by atoms with Gasteiger partial charge in [-0.15, -0.1) is 0 Å². The molecule has 0 saturated carbocycles. The zero-order valence-corrected chi connectivity index (χ0v) is 14.2. The molecule has 0 bridgehead atoms. The van der Waals surface area contributed by atoms with Crippen LogP contribution in [-0.2, 0) is 0 Å². The Hall–Kier alpha value is -3.68. The van der Waals surface area contributed by atoms with Gasteiger partial charge in [-0.25, -0.2) is 4.98 Å². The molecule has 0 saturated heterocycles. The summed E-state index contributed by atoms with van der Waals surface area (Å²) >= 11 is 0. The van der Waals surface area contributed by atoms with Crippen molar-refractivity contribution in [3.8, 4) is 17.4 Å². The molecule has 0 atom stereocenters. The van der Waals surface area contributed by atoms with E-state index in [0.717, 1.165) is 5.56 Å². The van der Waals surface area contributed by atoms with Crippen molar-refractivity contribution in [3.63, 3.8) is 0 Å². The van der Waals surface area contributed by atoms with E-state index in [0.29, 0.717) is 17.2 Å². The van der Waals surface area contributed by atoms with Gasteiger partial charge in [-0.3, -0.25) is 10.1 Å². The summed E-state index contributed by atoms with van der Waals surface area (Å²) in [6.45, 7) is 1.94. The molecule has 1 heterocycles. The Bertz CT molecular complexity index is 911. The highest BCUT2D eigenvalue weighted by Crippen LogP contribution is 2.35. The first-order chi connectivity index (χ1) is 12.6. The lowest BCUT2D eigenvalue weighted by Crippen LogP contribution is -2.03. The monoisotopic (exact) mass is 352 g/mol. The number of rotatable bonds is 6. The number of benzene rings is 2. The molecule has 2 aromatic carbocycles. The van der Waals surface area contributed by atoms with E-state index in [9.17, 15) is 10.1 Å². The Morgan fingerprint density at radius 3 is 2.27 bits per heavy atom. The van der Waals surface area contributed by atoms with Crippen LogP contribution in [0.1, 0.15) is 5.56 Å². The number of nitrogens with zero attached hydrogens (tertiary/aromatic N) is 3. The second-order valence-electron chi connectivity index (χ2n) is 5.40. The van der Waals surface area contributed by atoms with Gasteiger partial charge in [0.15, 0.2) is 0 Å². The zero-order chi connectivity index (χ0) is 18.5. The number of aromatic nitrogens is 2. The van der Waals surface area contributed by atoms with Gasteiger partial charge in [0.05, 0.1) is 12.0 Å². The molecule has 8 heteroatoms. The predicted octanol–water partition coefficient (Wildman–Crippen LogP) is 4.24. The van der Waals surface area contributed by atoms with Gasteiger partial charge >= 0.3 is 11.6 Å². The van der Waals surface area contributed by atoms with E-state index in [2.05, 4.69) is 15.3 Å². The van der Waals surface area contributed by atoms with Gasteiger partial charge < -0.3 is 14.8 Å². The van der Waals surface area contributed by atoms with E-state index in [1.807, 2.05) is 19.1 Å². The van der Waals surface area contributed by atoms with Crippen molar-refractivity contribution < 1.29 is 14.4 Å². The summed E-state index contributed by atoms with van der Waals surface area (Å²) in [5.74, 6) is 1.03. The largest absolute Gasteiger partial charge is 0.497 e. The summed E-state index contributed by atoms with van der Waals surface area (Å²) in [4.78, 5) is 18.9. The number of nitrogens with one attached hydrogen (secondary N) is 1. The fourth-order valence-corrected chi connectivity index (χ4v) is 2.22. The van der Waals surface area contributed by atoms with Gasteiger partial charge in [0.1, 0.15) is 17.8 Å². The molecular formula is C18H16N4O4. The number of ether oxygens (including phenoxy) is 2. The van der Waals surface area contributed by atoms with Crippen LogP contribution in [-0.4, -0.2) is 22.0 Å². The molecule has 132 valence electrons. The van der Waals surface area contributed by atoms with Crippen LogP contribution in [0.25, 0.3) is 0 Å². The summed E-state index contributed by atoms with van der Waals surface area (Å²) < 4.78 is 10.7. The highest BCUT2D eigenvalue weighted by atomic mass is 16.6. The van der Waals surface area contributed by atoms with Crippen LogP contribution in [0.15, 0.2) is 54.9 Å². The van der Waals surface area contributed by atoms with Crippen LogP contribution in [0.2, 0.25) is 0 Å². The molecule has 3 rings (SSSR count). The normalized spacial score (nSPS) is 10.2. The minimum atomic E-state index is -0.574. The molecule has 0 aliphatic rings. The first-order valence-corrected chi connectivity index (χ1v) is 7.72. The van der Waals surface area contributed by atoms with Crippen LogP contribution < -0.4 is 14.8 Å². The van der Waals surface area contributed by atoms with Crippen LogP contribution in [0.3, 0.4) is 0 Å². The molecule has 0 spiro atoms. The summed E-state index contributed by atoms with van der Waals surface area (Å²) in [5.41, 5.74) is 1.33. The van der Waals surface area contributed by atoms with Crippen molar-refractivity contribution in [2.24, 2.45) is 0 Å². The first-order valence-electron chi connectivity index (χ1n) is 7.72. The Kier molecular flexibility index (Phi) is 4.93. The molecule has 0 radical (unpaired) electrons. The van der Waals surface area contributed by atoms with Crippen LogP contribution in [0.4, 0.5) is 17.2 Å². The van der Waals surface area contributed by atoms with Gasteiger partial charge in [-0.2, -0.15) is 4.98 Å². The average molecular weight is 352 g/mol. The standard InChI is InChI=1S/C18H16N4O4/c1-12-3-7-15(8-4-12)26-18-16(22(23)24)17(19-11-20-18)21-13-5-9-14(25-2)10-6-13/h3-11H,1-2H3,(H,19,20,21). The summed E-state index contributed by atoms with van der Waals surface area (Å²) in [7, 11) is 1.56. The van der Waals surface area contributed by atoms with Crippen LogP contribution >= 0.6 is 0 Å². The third-order valence-electron chi connectivity index (χ3n) is 3.56. The van der Waals surface area contributed by atoms with Crippen molar-refractivity contribution >= 4 is 17.2 Å². The smallest absolute Gasteiger partial charge is 0.373 e. The molecule has 1 N–H and O–H groups in total. The van der Waals surface area contributed by atoms with Crippen LogP contribution in [0, 0.1) is 17.0 Å². The second kappa shape index (κ2) is 7.47. The number of hydrogen-bond acceptors (Lipinski definition) is 7. The van der Waals surface area contributed by atoms with E-state index in [1.54, 1.807) is 43.5 Å². The molecule has 0 aliphatic carbocycles. The maximum absolute atomic E-state index is 11.6. The quantitative estimate of drug-likeness (QED) is 0.523. The van der Waals surface area contributed by atoms with E-state index in [4.69, 9.17) is 9.47 Å². The van der Waals surface area contributed by atoms with E-state index in [-0.39, 0.29) is 17.4 Å². The van der Waals surface area contributed by atoms with Crippen molar-refractivity contribution in [2.75, 3.05) is 12.4 Å². The lowest BCUT2D eigenvalue weighted by atomic mass is 10.2. The molecule has 0 amide bonds. The number of hydrogen-bond donors (Lipinski definition) is 1. The molecule has 0 unspecified atom stereocenters. The predicted molar refractivity (Wildman–Crippen MR) is 96.2 cm³/mol. The molecule has 26 heavy (non-hydrogen) atoms. The fraction of sp³-hybridized carbons (Fsp3) is 0.111. The maximum Gasteiger partial charge on any atom is 0.373 e. The Labute approximate surface area is 149 Å². The molecule has 0 fully saturated rings. The molecule has 0 aliphatic heterocycles. The Morgan fingerprint density at radius 1 is 1.00 bits per heavy atom. The summed E-state index contributed by atoms with van der Waals surface area (Å²) in [5, 5.41) is 14.5. The lowest BCUT2D eigenvalue weighted by Gasteiger charge is -2.10. The average Bonchev–Trinajstić information content (AvgIpc) is 2.64. The van der Waals surface area contributed by atoms with Crippen molar-refractivity contribution in [2.45, 2.75) is 6.92 Å². The van der Waals surface area contributed by atoms with Gasteiger partial charge in [-0.05, 0) is 43.3 Å². The third-order valence-corrected chi connectivity index (χ3v) is 3.56. The zero-order valence-electron chi connectivity index (χ0n) is 14.2. The number of aryl methyl sites for hydroxylation is 1. The highest BCUT2D eigenvalue weighted by Gasteiger charge is 2.25. The van der Waals surface area contributed by atoms with Gasteiger partial charge in [-0.1, -0.05) is 17.7 Å². The van der Waals surface area contributed by atoms with E-state index >= 15 is 0 Å².